The summed E-state index contributed by atoms with van der Waals surface area (Å²) in [6, 6.07) is 12.3. The van der Waals surface area contributed by atoms with E-state index in [1.807, 2.05) is 0 Å². The molecule has 0 fully saturated rings. The number of halogens is 1. The van der Waals surface area contributed by atoms with Crippen LogP contribution in [0.5, 0.6) is 0 Å². The van der Waals surface area contributed by atoms with Gasteiger partial charge in [-0.15, -0.1) is 0 Å². The normalized spacial score (nSPS) is 12.6. The molecule has 0 aliphatic carbocycles. The van der Waals surface area contributed by atoms with Crippen molar-refractivity contribution < 1.29 is 18.3 Å². The third kappa shape index (κ3) is 4.55. The largest absolute Gasteiger partial charge is 0.387 e. The number of aliphatic hydroxyl groups excluding tert-OH is 1. The van der Waals surface area contributed by atoms with Crippen LogP contribution in [-0.2, 0) is 10.0 Å². The maximum Gasteiger partial charge on any atom is 0.251 e. The molecule has 0 saturated heterocycles. The van der Waals surface area contributed by atoms with E-state index in [-0.39, 0.29) is 17.0 Å². The molecule has 6 nitrogen and oxygen atoms in total. The van der Waals surface area contributed by atoms with E-state index in [0.29, 0.717) is 10.6 Å². The molecule has 2 aromatic rings. The van der Waals surface area contributed by atoms with Crippen molar-refractivity contribution in [3.63, 3.8) is 0 Å². The van der Waals surface area contributed by atoms with E-state index in [4.69, 9.17) is 11.6 Å². The molecule has 0 bridgehead atoms. The fourth-order valence-electron chi connectivity index (χ4n) is 2.02. The van der Waals surface area contributed by atoms with Crippen LogP contribution in [0.3, 0.4) is 0 Å². The van der Waals surface area contributed by atoms with Crippen LogP contribution in [0.15, 0.2) is 53.4 Å². The van der Waals surface area contributed by atoms with Crippen molar-refractivity contribution in [2.75, 3.05) is 13.6 Å². The number of carbonyl (C=O) groups excluding carboxylic acids is 1. The highest BCUT2D eigenvalue weighted by Crippen LogP contribution is 2.16. The second-order valence-electron chi connectivity index (χ2n) is 5.01. The minimum absolute atomic E-state index is 0.00380. The smallest absolute Gasteiger partial charge is 0.251 e. The molecule has 1 unspecified atom stereocenters. The monoisotopic (exact) mass is 368 g/mol. The Kier molecular flexibility index (Phi) is 5.95. The SMILES string of the molecule is CNS(=O)(=O)c1cccc(C(=O)NCC(O)c2ccc(Cl)cc2)c1. The standard InChI is InChI=1S/C16H17ClN2O4S/c1-18-24(22,23)14-4-2-3-12(9-14)16(21)19-10-15(20)11-5-7-13(17)8-6-11/h2-9,15,18,20H,10H2,1H3,(H,19,21). The van der Waals surface area contributed by atoms with Crippen molar-refractivity contribution in [3.05, 3.63) is 64.7 Å². The first-order valence-electron chi connectivity index (χ1n) is 7.09. The first-order chi connectivity index (χ1) is 11.3. The lowest BCUT2D eigenvalue weighted by atomic mass is 10.1. The average molecular weight is 369 g/mol. The van der Waals surface area contributed by atoms with Crippen molar-refractivity contribution in [1.82, 2.24) is 10.0 Å². The van der Waals surface area contributed by atoms with Gasteiger partial charge in [0.25, 0.3) is 5.91 Å². The molecule has 0 saturated carbocycles. The van der Waals surface area contributed by atoms with Crippen molar-refractivity contribution >= 4 is 27.5 Å². The Bertz CT molecular complexity index is 822. The number of hydrogen-bond acceptors (Lipinski definition) is 4. The van der Waals surface area contributed by atoms with Gasteiger partial charge in [-0.3, -0.25) is 4.79 Å². The van der Waals surface area contributed by atoms with E-state index in [0.717, 1.165) is 0 Å². The lowest BCUT2D eigenvalue weighted by Crippen LogP contribution is -2.28. The summed E-state index contributed by atoms with van der Waals surface area (Å²) in [6.07, 6.45) is -0.893. The Morgan fingerprint density at radius 2 is 1.88 bits per heavy atom. The quantitative estimate of drug-likeness (QED) is 0.723. The molecule has 0 aliphatic heterocycles. The number of rotatable bonds is 6. The first-order valence-corrected chi connectivity index (χ1v) is 8.95. The molecule has 3 N–H and O–H groups in total. The van der Waals surface area contributed by atoms with Crippen LogP contribution in [0.2, 0.25) is 5.02 Å². The Hall–Kier alpha value is -1.93. The van der Waals surface area contributed by atoms with E-state index in [1.165, 1.54) is 31.3 Å². The second-order valence-corrected chi connectivity index (χ2v) is 7.34. The van der Waals surface area contributed by atoms with Gasteiger partial charge in [-0.05, 0) is 42.9 Å². The predicted octanol–water partition coefficient (Wildman–Crippen LogP) is 1.71. The summed E-state index contributed by atoms with van der Waals surface area (Å²) >= 11 is 5.78. The maximum absolute atomic E-state index is 12.1. The van der Waals surface area contributed by atoms with Crippen molar-refractivity contribution in [2.45, 2.75) is 11.0 Å². The zero-order valence-electron chi connectivity index (χ0n) is 12.9. The lowest BCUT2D eigenvalue weighted by molar-refractivity contribution is 0.0916. The van der Waals surface area contributed by atoms with E-state index in [9.17, 15) is 18.3 Å². The number of sulfonamides is 1. The third-order valence-electron chi connectivity index (χ3n) is 3.39. The molecule has 24 heavy (non-hydrogen) atoms. The Labute approximate surface area is 145 Å². The number of carbonyl (C=O) groups is 1. The predicted molar refractivity (Wildman–Crippen MR) is 91.4 cm³/mol. The minimum Gasteiger partial charge on any atom is -0.387 e. The van der Waals surface area contributed by atoms with Gasteiger partial charge < -0.3 is 10.4 Å². The van der Waals surface area contributed by atoms with Gasteiger partial charge in [0.05, 0.1) is 11.0 Å². The molecule has 0 spiro atoms. The van der Waals surface area contributed by atoms with E-state index >= 15 is 0 Å². The van der Waals surface area contributed by atoms with Crippen molar-refractivity contribution in [1.29, 1.82) is 0 Å². The molecule has 0 aromatic heterocycles. The molecule has 2 rings (SSSR count). The average Bonchev–Trinajstić information content (AvgIpc) is 2.60. The second kappa shape index (κ2) is 7.76. The number of benzene rings is 2. The van der Waals surface area contributed by atoms with Gasteiger partial charge in [0, 0.05) is 17.1 Å². The van der Waals surface area contributed by atoms with Crippen LogP contribution >= 0.6 is 11.6 Å². The van der Waals surface area contributed by atoms with Crippen LogP contribution < -0.4 is 10.0 Å². The number of hydrogen-bond donors (Lipinski definition) is 3. The van der Waals surface area contributed by atoms with Crippen molar-refractivity contribution in [2.24, 2.45) is 0 Å². The van der Waals surface area contributed by atoms with E-state index in [1.54, 1.807) is 24.3 Å². The highest BCUT2D eigenvalue weighted by Gasteiger charge is 2.15. The van der Waals surface area contributed by atoms with Gasteiger partial charge >= 0.3 is 0 Å². The highest BCUT2D eigenvalue weighted by molar-refractivity contribution is 7.89. The van der Waals surface area contributed by atoms with Gasteiger partial charge in [-0.2, -0.15) is 0 Å². The van der Waals surface area contributed by atoms with Gasteiger partial charge in [-0.25, -0.2) is 13.1 Å². The molecule has 0 aliphatic rings. The number of aliphatic hydroxyl groups is 1. The summed E-state index contributed by atoms with van der Waals surface area (Å²) in [4.78, 5) is 12.1. The van der Waals surface area contributed by atoms with Crippen LogP contribution in [0.4, 0.5) is 0 Å². The molecule has 0 heterocycles. The summed E-state index contributed by atoms with van der Waals surface area (Å²) in [5, 5.41) is 13.2. The van der Waals surface area contributed by atoms with Crippen LogP contribution in [-0.4, -0.2) is 33.0 Å². The lowest BCUT2D eigenvalue weighted by Gasteiger charge is -2.13. The zero-order valence-corrected chi connectivity index (χ0v) is 14.4. The maximum atomic E-state index is 12.1. The zero-order chi connectivity index (χ0) is 17.7. The molecular weight excluding hydrogens is 352 g/mol. The van der Waals surface area contributed by atoms with Crippen molar-refractivity contribution in [3.8, 4) is 0 Å². The van der Waals surface area contributed by atoms with E-state index in [2.05, 4.69) is 10.0 Å². The molecule has 8 heteroatoms. The minimum atomic E-state index is -3.62. The van der Waals surface area contributed by atoms with Crippen LogP contribution in [0, 0.1) is 0 Å². The fraction of sp³-hybridized carbons (Fsp3) is 0.188. The van der Waals surface area contributed by atoms with Gasteiger partial charge in [0.1, 0.15) is 0 Å². The Balaban J connectivity index is 2.05. The van der Waals surface area contributed by atoms with Crippen LogP contribution in [0.1, 0.15) is 22.0 Å². The third-order valence-corrected chi connectivity index (χ3v) is 5.05. The van der Waals surface area contributed by atoms with E-state index < -0.39 is 22.0 Å². The van der Waals surface area contributed by atoms with Gasteiger partial charge in [-0.1, -0.05) is 29.8 Å². The molecule has 128 valence electrons. The summed E-state index contributed by atoms with van der Waals surface area (Å²) < 4.78 is 25.7. The van der Waals surface area contributed by atoms with Gasteiger partial charge in [0.2, 0.25) is 10.0 Å². The summed E-state index contributed by atoms with van der Waals surface area (Å²) in [5.41, 5.74) is 0.806. The van der Waals surface area contributed by atoms with Gasteiger partial charge in [0.15, 0.2) is 0 Å². The Morgan fingerprint density at radius 3 is 2.50 bits per heavy atom. The molecule has 0 radical (unpaired) electrons. The van der Waals surface area contributed by atoms with Crippen LogP contribution in [0.25, 0.3) is 0 Å². The number of amides is 1. The molecular formula is C16H17ClN2O4S. The Morgan fingerprint density at radius 1 is 1.21 bits per heavy atom. The first kappa shape index (κ1) is 18.4. The molecule has 1 atom stereocenters. The summed E-state index contributed by atoms with van der Waals surface area (Å²) in [6.45, 7) is -0.0104. The molecule has 1 amide bonds. The fourth-order valence-corrected chi connectivity index (χ4v) is 2.92. The molecule has 2 aromatic carbocycles. The summed E-state index contributed by atoms with van der Waals surface area (Å²) in [7, 11) is -2.33. The highest BCUT2D eigenvalue weighted by atomic mass is 35.5. The topological polar surface area (TPSA) is 95.5 Å². The summed E-state index contributed by atoms with van der Waals surface area (Å²) in [5.74, 6) is -0.476. The number of nitrogens with one attached hydrogen (secondary N) is 2.